The average molecular weight is 342 g/mol. The van der Waals surface area contributed by atoms with Crippen LogP contribution >= 0.6 is 0 Å². The summed E-state index contributed by atoms with van der Waals surface area (Å²) in [7, 11) is 1.58. The number of carbonyl (C=O) groups excluding carboxylic acids is 1. The van der Waals surface area contributed by atoms with Crippen LogP contribution in [0.4, 0.5) is 8.78 Å². The zero-order valence-corrected chi connectivity index (χ0v) is 14.4. The molecule has 1 unspecified atom stereocenters. The monoisotopic (exact) mass is 342 g/mol. The van der Waals surface area contributed by atoms with E-state index < -0.39 is 12.8 Å². The molecule has 5 heteroatoms. The second-order valence-electron chi connectivity index (χ2n) is 5.88. The molecule has 0 spiro atoms. The molecular formula is C19H28F2O3. The van der Waals surface area contributed by atoms with Crippen molar-refractivity contribution < 1.29 is 23.0 Å². The van der Waals surface area contributed by atoms with Crippen LogP contribution < -0.4 is 4.74 Å². The first-order valence-electron chi connectivity index (χ1n) is 8.68. The fourth-order valence-electron chi connectivity index (χ4n) is 2.40. The molecule has 24 heavy (non-hydrogen) atoms. The van der Waals surface area contributed by atoms with Crippen LogP contribution in [0.3, 0.4) is 0 Å². The summed E-state index contributed by atoms with van der Waals surface area (Å²) >= 11 is 0. The smallest absolute Gasteiger partial charge is 0.338 e. The number of esters is 1. The van der Waals surface area contributed by atoms with Crippen molar-refractivity contribution in [1.82, 2.24) is 0 Å². The second kappa shape index (κ2) is 12.7. The van der Waals surface area contributed by atoms with Crippen molar-refractivity contribution in [3.8, 4) is 5.75 Å². The third-order valence-electron chi connectivity index (χ3n) is 3.89. The highest BCUT2D eigenvalue weighted by molar-refractivity contribution is 5.89. The van der Waals surface area contributed by atoms with Crippen LogP contribution in [0.1, 0.15) is 61.7 Å². The molecule has 0 aliphatic carbocycles. The van der Waals surface area contributed by atoms with E-state index in [9.17, 15) is 13.6 Å². The van der Waals surface area contributed by atoms with Crippen molar-refractivity contribution in [2.75, 3.05) is 20.4 Å². The van der Waals surface area contributed by atoms with Gasteiger partial charge in [0.2, 0.25) is 0 Å². The number of carbonyl (C=O) groups is 1. The number of ether oxygens (including phenoxy) is 2. The highest BCUT2D eigenvalue weighted by Gasteiger charge is 2.07. The second-order valence-corrected chi connectivity index (χ2v) is 5.88. The van der Waals surface area contributed by atoms with Gasteiger partial charge in [0.05, 0.1) is 19.3 Å². The largest absolute Gasteiger partial charge is 0.497 e. The van der Waals surface area contributed by atoms with E-state index in [0.29, 0.717) is 24.3 Å². The molecular weight excluding hydrogens is 314 g/mol. The third kappa shape index (κ3) is 8.85. The van der Waals surface area contributed by atoms with E-state index in [-0.39, 0.29) is 5.97 Å². The highest BCUT2D eigenvalue weighted by atomic mass is 19.2. The molecule has 0 saturated carbocycles. The molecule has 0 aromatic heterocycles. The molecule has 136 valence electrons. The van der Waals surface area contributed by atoms with Gasteiger partial charge in [0.1, 0.15) is 18.6 Å². The van der Waals surface area contributed by atoms with E-state index in [0.717, 1.165) is 44.9 Å². The maximum Gasteiger partial charge on any atom is 0.338 e. The van der Waals surface area contributed by atoms with Gasteiger partial charge in [-0.3, -0.25) is 0 Å². The minimum atomic E-state index is -1.29. The minimum absolute atomic E-state index is 0.314. The van der Waals surface area contributed by atoms with Gasteiger partial charge in [-0.1, -0.05) is 38.5 Å². The van der Waals surface area contributed by atoms with Crippen molar-refractivity contribution in [3.05, 3.63) is 29.8 Å². The summed E-state index contributed by atoms with van der Waals surface area (Å²) < 4.78 is 34.8. The first kappa shape index (κ1) is 20.4. The summed E-state index contributed by atoms with van der Waals surface area (Å²) in [6.07, 6.45) is 5.80. The lowest BCUT2D eigenvalue weighted by Crippen LogP contribution is -2.06. The van der Waals surface area contributed by atoms with E-state index in [1.807, 2.05) is 0 Å². The lowest BCUT2D eigenvalue weighted by Gasteiger charge is -2.06. The van der Waals surface area contributed by atoms with Crippen molar-refractivity contribution in [3.63, 3.8) is 0 Å². The molecule has 1 rings (SSSR count). The normalized spacial score (nSPS) is 12.0. The Bertz CT molecular complexity index is 448. The Morgan fingerprint density at radius 3 is 2.17 bits per heavy atom. The number of alkyl halides is 2. The van der Waals surface area contributed by atoms with Gasteiger partial charge in [-0.2, -0.15) is 0 Å². The van der Waals surface area contributed by atoms with Crippen LogP contribution in [0.25, 0.3) is 0 Å². The predicted octanol–water partition coefficient (Wildman–Crippen LogP) is 5.28. The van der Waals surface area contributed by atoms with E-state index in [1.54, 1.807) is 31.4 Å². The SMILES string of the molecule is COc1ccc(C(=O)OCCCCCCCCCC(F)CF)cc1. The lowest BCUT2D eigenvalue weighted by atomic mass is 10.1. The maximum atomic E-state index is 12.6. The van der Waals surface area contributed by atoms with E-state index in [2.05, 4.69) is 0 Å². The third-order valence-corrected chi connectivity index (χ3v) is 3.89. The molecule has 1 atom stereocenters. The first-order valence-corrected chi connectivity index (χ1v) is 8.68. The zero-order chi connectivity index (χ0) is 17.6. The summed E-state index contributed by atoms with van der Waals surface area (Å²) in [5.74, 6) is 0.393. The number of hydrogen-bond donors (Lipinski definition) is 0. The van der Waals surface area contributed by atoms with Crippen LogP contribution in [0.2, 0.25) is 0 Å². The fourth-order valence-corrected chi connectivity index (χ4v) is 2.40. The number of hydrogen-bond acceptors (Lipinski definition) is 3. The Labute approximate surface area is 143 Å². The van der Waals surface area contributed by atoms with Crippen LogP contribution in [0.5, 0.6) is 5.75 Å². The molecule has 0 fully saturated rings. The molecule has 3 nitrogen and oxygen atoms in total. The molecule has 0 N–H and O–H groups in total. The van der Waals surface area contributed by atoms with Crippen molar-refractivity contribution >= 4 is 5.97 Å². The van der Waals surface area contributed by atoms with Crippen LogP contribution in [-0.2, 0) is 4.74 Å². The average Bonchev–Trinajstić information content (AvgIpc) is 2.62. The Morgan fingerprint density at radius 1 is 1.00 bits per heavy atom. The van der Waals surface area contributed by atoms with Crippen molar-refractivity contribution in [2.24, 2.45) is 0 Å². The standard InChI is InChI=1S/C19H28F2O3/c1-23-18-12-10-16(11-13-18)19(22)24-14-8-6-4-2-3-5-7-9-17(21)15-20/h10-13,17H,2-9,14-15H2,1H3. The van der Waals surface area contributed by atoms with Gasteiger partial charge in [-0.05, 0) is 37.1 Å². The summed E-state index contributed by atoms with van der Waals surface area (Å²) in [6, 6.07) is 6.84. The Morgan fingerprint density at radius 2 is 1.58 bits per heavy atom. The molecule has 0 aliphatic rings. The Hall–Kier alpha value is -1.65. The quantitative estimate of drug-likeness (QED) is 0.361. The van der Waals surface area contributed by atoms with E-state index >= 15 is 0 Å². The van der Waals surface area contributed by atoms with E-state index in [1.165, 1.54) is 0 Å². The van der Waals surface area contributed by atoms with E-state index in [4.69, 9.17) is 9.47 Å². The first-order chi connectivity index (χ1) is 11.7. The zero-order valence-electron chi connectivity index (χ0n) is 14.4. The van der Waals surface area contributed by atoms with Gasteiger partial charge in [0, 0.05) is 0 Å². The highest BCUT2D eigenvalue weighted by Crippen LogP contribution is 2.13. The molecule has 1 aromatic rings. The van der Waals surface area contributed by atoms with Crippen molar-refractivity contribution in [1.29, 1.82) is 0 Å². The number of halogens is 2. The molecule has 0 saturated heterocycles. The molecule has 0 bridgehead atoms. The van der Waals surface area contributed by atoms with Gasteiger partial charge in [-0.25, -0.2) is 13.6 Å². The summed E-state index contributed by atoms with van der Waals surface area (Å²) in [4.78, 5) is 11.8. The van der Waals surface area contributed by atoms with Gasteiger partial charge in [0.15, 0.2) is 0 Å². The van der Waals surface area contributed by atoms with Crippen LogP contribution in [0, 0.1) is 0 Å². The van der Waals surface area contributed by atoms with Crippen molar-refractivity contribution in [2.45, 2.75) is 57.5 Å². The Balaban J connectivity index is 1.97. The summed E-state index contributed by atoms with van der Waals surface area (Å²) in [6.45, 7) is -0.444. The fraction of sp³-hybridized carbons (Fsp3) is 0.632. The summed E-state index contributed by atoms with van der Waals surface area (Å²) in [5, 5.41) is 0. The number of benzene rings is 1. The van der Waals surface area contributed by atoms with Crippen LogP contribution in [0.15, 0.2) is 24.3 Å². The number of unbranched alkanes of at least 4 members (excludes halogenated alkanes) is 6. The Kier molecular flexibility index (Phi) is 10.8. The maximum absolute atomic E-state index is 12.6. The molecule has 0 amide bonds. The molecule has 0 radical (unpaired) electrons. The number of methoxy groups -OCH3 is 1. The molecule has 0 heterocycles. The predicted molar refractivity (Wildman–Crippen MR) is 91.1 cm³/mol. The van der Waals surface area contributed by atoms with Gasteiger partial charge >= 0.3 is 5.97 Å². The molecule has 1 aromatic carbocycles. The molecule has 0 aliphatic heterocycles. The van der Waals surface area contributed by atoms with Gasteiger partial charge < -0.3 is 9.47 Å². The number of rotatable bonds is 13. The summed E-state index contributed by atoms with van der Waals surface area (Å²) in [5.41, 5.74) is 0.523. The lowest BCUT2D eigenvalue weighted by molar-refractivity contribution is 0.0497. The van der Waals surface area contributed by atoms with Gasteiger partial charge in [0.25, 0.3) is 0 Å². The van der Waals surface area contributed by atoms with Gasteiger partial charge in [-0.15, -0.1) is 0 Å². The van der Waals surface area contributed by atoms with Crippen LogP contribution in [-0.4, -0.2) is 32.5 Å². The minimum Gasteiger partial charge on any atom is -0.497 e. The topological polar surface area (TPSA) is 35.5 Å².